The Labute approximate surface area is 225 Å². The van der Waals surface area contributed by atoms with Crippen LogP contribution in [0, 0.1) is 0 Å². The number of fused-ring (bicyclic) bond motifs is 1. The maximum Gasteiger partial charge on any atom is 0.253 e. The van der Waals surface area contributed by atoms with Crippen LogP contribution in [-0.2, 0) is 17.9 Å². The van der Waals surface area contributed by atoms with Crippen LogP contribution in [0.15, 0.2) is 83.9 Å². The highest BCUT2D eigenvalue weighted by Crippen LogP contribution is 2.28. The van der Waals surface area contributed by atoms with Crippen LogP contribution in [-0.4, -0.2) is 63.1 Å². The van der Waals surface area contributed by atoms with Gasteiger partial charge in [0, 0.05) is 49.9 Å². The number of ether oxygens (including phenoxy) is 1. The highest BCUT2D eigenvalue weighted by atomic mass is 32.2. The van der Waals surface area contributed by atoms with E-state index in [4.69, 9.17) is 4.74 Å². The van der Waals surface area contributed by atoms with Crippen molar-refractivity contribution in [3.05, 3.63) is 90.1 Å². The summed E-state index contributed by atoms with van der Waals surface area (Å²) in [6, 6.07) is 21.9. The summed E-state index contributed by atoms with van der Waals surface area (Å²) >= 11 is -1.49. The van der Waals surface area contributed by atoms with Gasteiger partial charge in [-0.05, 0) is 61.0 Å². The number of hydrogen-bond donors (Lipinski definition) is 2. The molecule has 0 spiro atoms. The lowest BCUT2D eigenvalue weighted by atomic mass is 10.1. The molecule has 1 aliphatic rings. The number of pyridine rings is 1. The van der Waals surface area contributed by atoms with E-state index < -0.39 is 11.4 Å². The van der Waals surface area contributed by atoms with E-state index >= 15 is 0 Å². The van der Waals surface area contributed by atoms with Gasteiger partial charge in [0.15, 0.2) is 11.5 Å². The van der Waals surface area contributed by atoms with Crippen LogP contribution in [0.3, 0.4) is 0 Å². The van der Waals surface area contributed by atoms with Crippen LogP contribution >= 0.6 is 0 Å². The normalized spacial score (nSPS) is 14.8. The third kappa shape index (κ3) is 5.85. The minimum atomic E-state index is -1.49. The smallest absolute Gasteiger partial charge is 0.253 e. The number of amides is 1. The average Bonchev–Trinajstić information content (AvgIpc) is 2.95. The first-order valence-electron chi connectivity index (χ1n) is 12.6. The Hall–Kier alpha value is -3.79. The van der Waals surface area contributed by atoms with Crippen molar-refractivity contribution >= 4 is 33.9 Å². The molecule has 38 heavy (non-hydrogen) atoms. The van der Waals surface area contributed by atoms with Gasteiger partial charge in [0.25, 0.3) is 5.91 Å². The van der Waals surface area contributed by atoms with Crippen molar-refractivity contribution in [3.8, 4) is 11.5 Å². The van der Waals surface area contributed by atoms with Crippen molar-refractivity contribution in [1.29, 1.82) is 0 Å². The van der Waals surface area contributed by atoms with Crippen LogP contribution in [0.5, 0.6) is 11.5 Å². The van der Waals surface area contributed by atoms with Crippen LogP contribution in [0.25, 0.3) is 10.9 Å². The fourth-order valence-corrected chi connectivity index (χ4v) is 5.55. The average molecular weight is 531 g/mol. The molecule has 1 aliphatic heterocycles. The number of anilines is 1. The van der Waals surface area contributed by atoms with Gasteiger partial charge in [0.1, 0.15) is 16.9 Å². The molecule has 3 aromatic carbocycles. The molecule has 196 valence electrons. The van der Waals surface area contributed by atoms with Gasteiger partial charge in [-0.2, -0.15) is 0 Å². The Morgan fingerprint density at radius 1 is 1.05 bits per heavy atom. The zero-order valence-corrected chi connectivity index (χ0v) is 22.0. The molecule has 1 atom stereocenters. The number of carbonyl (C=O) groups is 1. The number of hydrogen-bond acceptors (Lipinski definition) is 7. The van der Waals surface area contributed by atoms with E-state index in [1.807, 2.05) is 48.2 Å². The second-order valence-corrected chi connectivity index (χ2v) is 10.3. The monoisotopic (exact) mass is 530 g/mol. The minimum absolute atomic E-state index is 0.0150. The van der Waals surface area contributed by atoms with Crippen molar-refractivity contribution in [2.24, 2.45) is 0 Å². The summed E-state index contributed by atoms with van der Waals surface area (Å²) in [7, 11) is 0. The van der Waals surface area contributed by atoms with Crippen LogP contribution in [0.4, 0.5) is 5.69 Å². The molecule has 0 radical (unpaired) electrons. The second kappa shape index (κ2) is 11.7. The summed E-state index contributed by atoms with van der Waals surface area (Å²) in [6.45, 7) is 5.89. The number of nitrogens with one attached hydrogen (secondary N) is 1. The zero-order valence-electron chi connectivity index (χ0n) is 21.2. The Kier molecular flexibility index (Phi) is 7.97. The SMILES string of the molecule is CCOc1cc(CN2CCN(C(=O)c3ccc(N[S+]([O-])c4cccc5cccnc45)cc3)CC2)ccc1O. The van der Waals surface area contributed by atoms with Crippen LogP contribution in [0.2, 0.25) is 0 Å². The molecular weight excluding hydrogens is 500 g/mol. The quantitative estimate of drug-likeness (QED) is 0.325. The molecule has 1 saturated heterocycles. The second-order valence-electron chi connectivity index (χ2n) is 9.08. The molecule has 1 fully saturated rings. The van der Waals surface area contributed by atoms with Crippen molar-refractivity contribution in [3.63, 3.8) is 0 Å². The number of phenolic OH excluding ortho intramolecular Hbond substituents is 1. The number of nitrogens with zero attached hydrogens (tertiary/aromatic N) is 3. The van der Waals surface area contributed by atoms with Gasteiger partial charge in [0.2, 0.25) is 4.90 Å². The lowest BCUT2D eigenvalue weighted by Crippen LogP contribution is -2.48. The highest BCUT2D eigenvalue weighted by Gasteiger charge is 2.23. The first-order chi connectivity index (χ1) is 18.5. The number of para-hydroxylation sites is 1. The number of rotatable bonds is 8. The number of benzene rings is 3. The molecule has 5 rings (SSSR count). The maximum atomic E-state index is 13.1. The van der Waals surface area contributed by atoms with Crippen molar-refractivity contribution < 1.29 is 19.2 Å². The minimum Gasteiger partial charge on any atom is -0.588 e. The van der Waals surface area contributed by atoms with Gasteiger partial charge >= 0.3 is 0 Å². The van der Waals surface area contributed by atoms with E-state index in [0.29, 0.717) is 47.1 Å². The molecule has 0 bridgehead atoms. The Balaban J connectivity index is 1.16. The first kappa shape index (κ1) is 25.8. The number of piperazine rings is 1. The zero-order chi connectivity index (χ0) is 26.5. The van der Waals surface area contributed by atoms with E-state index in [1.54, 1.807) is 42.6 Å². The molecule has 4 aromatic rings. The number of aromatic nitrogens is 1. The van der Waals surface area contributed by atoms with Gasteiger partial charge in [-0.1, -0.05) is 24.3 Å². The van der Waals surface area contributed by atoms with Gasteiger partial charge in [-0.25, -0.2) is 4.72 Å². The van der Waals surface area contributed by atoms with E-state index in [1.165, 1.54) is 0 Å². The topological polar surface area (TPSA) is 101 Å². The van der Waals surface area contributed by atoms with Gasteiger partial charge in [-0.15, -0.1) is 0 Å². The number of phenols is 1. The van der Waals surface area contributed by atoms with Crippen molar-refractivity contribution in [2.45, 2.75) is 18.4 Å². The van der Waals surface area contributed by atoms with E-state index in [-0.39, 0.29) is 11.7 Å². The lowest BCUT2D eigenvalue weighted by Gasteiger charge is -2.35. The highest BCUT2D eigenvalue weighted by molar-refractivity contribution is 7.93. The predicted octanol–water partition coefficient (Wildman–Crippen LogP) is 4.43. The summed E-state index contributed by atoms with van der Waals surface area (Å²) in [6.07, 6.45) is 1.69. The summed E-state index contributed by atoms with van der Waals surface area (Å²) in [5.41, 5.74) is 3.03. The molecule has 1 unspecified atom stereocenters. The predicted molar refractivity (Wildman–Crippen MR) is 149 cm³/mol. The Morgan fingerprint density at radius 2 is 1.82 bits per heavy atom. The van der Waals surface area contributed by atoms with Crippen molar-refractivity contribution in [1.82, 2.24) is 14.8 Å². The standard InChI is InChI=1S/C29H30N4O4S/c1-2-37-26-19-21(8-13-25(26)34)20-32-15-17-33(18-16-32)29(35)23-9-11-24(12-10-23)31-38(36)27-7-3-5-22-6-4-14-30-28(22)27/h3-14,19,31,34H,2,15-18,20H2,1H3. The van der Waals surface area contributed by atoms with E-state index in [0.717, 1.165) is 30.6 Å². The summed E-state index contributed by atoms with van der Waals surface area (Å²) in [5, 5.41) is 10.9. The third-order valence-electron chi connectivity index (χ3n) is 6.53. The fraction of sp³-hybridized carbons (Fsp3) is 0.241. The van der Waals surface area contributed by atoms with Gasteiger partial charge in [0.05, 0.1) is 12.3 Å². The lowest BCUT2D eigenvalue weighted by molar-refractivity contribution is 0.0628. The molecule has 1 aromatic heterocycles. The molecule has 0 aliphatic carbocycles. The molecule has 2 heterocycles. The summed E-state index contributed by atoms with van der Waals surface area (Å²) in [4.78, 5) is 22.2. The van der Waals surface area contributed by atoms with Gasteiger partial charge in [-0.3, -0.25) is 14.7 Å². The van der Waals surface area contributed by atoms with Crippen molar-refractivity contribution in [2.75, 3.05) is 37.5 Å². The van der Waals surface area contributed by atoms with E-state index in [9.17, 15) is 14.5 Å². The van der Waals surface area contributed by atoms with Crippen LogP contribution < -0.4 is 9.46 Å². The fourth-order valence-electron chi connectivity index (χ4n) is 4.55. The molecule has 1 amide bonds. The molecule has 9 heteroatoms. The Bertz CT molecular complexity index is 1400. The number of carbonyl (C=O) groups excluding carboxylic acids is 1. The molecule has 0 saturated carbocycles. The summed E-state index contributed by atoms with van der Waals surface area (Å²) in [5.74, 6) is 0.622. The number of aromatic hydroxyl groups is 1. The molecule has 8 nitrogen and oxygen atoms in total. The first-order valence-corrected chi connectivity index (χ1v) is 13.8. The largest absolute Gasteiger partial charge is 0.588 e. The van der Waals surface area contributed by atoms with Crippen LogP contribution in [0.1, 0.15) is 22.8 Å². The maximum absolute atomic E-state index is 13.1. The summed E-state index contributed by atoms with van der Waals surface area (Å²) < 4.78 is 21.5. The third-order valence-corrected chi connectivity index (χ3v) is 7.68. The van der Waals surface area contributed by atoms with Gasteiger partial charge < -0.3 is 19.3 Å². The molecular formula is C29H30N4O4S. The molecule has 2 N–H and O–H groups in total. The van der Waals surface area contributed by atoms with E-state index in [2.05, 4.69) is 14.6 Å². The Morgan fingerprint density at radius 3 is 2.58 bits per heavy atom.